The van der Waals surface area contributed by atoms with Crippen molar-refractivity contribution in [1.82, 2.24) is 24.8 Å². The molecule has 0 N–H and O–H groups in total. The topological polar surface area (TPSA) is 59.2 Å². The van der Waals surface area contributed by atoms with Crippen molar-refractivity contribution in [2.24, 2.45) is 0 Å². The zero-order valence-electron chi connectivity index (χ0n) is 13.8. The van der Waals surface area contributed by atoms with Gasteiger partial charge in [-0.25, -0.2) is 4.98 Å². The Morgan fingerprint density at radius 2 is 2.04 bits per heavy atom. The van der Waals surface area contributed by atoms with Crippen LogP contribution in [0.5, 0.6) is 0 Å². The molecule has 1 saturated heterocycles. The molecule has 3 aromatic rings. The summed E-state index contributed by atoms with van der Waals surface area (Å²) in [5.41, 5.74) is 4.61. The number of thiazole rings is 1. The summed E-state index contributed by atoms with van der Waals surface area (Å²) in [6.07, 6.45) is 5.59. The first-order valence-electron chi connectivity index (χ1n) is 8.69. The normalized spacial score (nSPS) is 18.5. The monoisotopic (exact) mass is 340 g/mol. The van der Waals surface area contributed by atoms with Crippen molar-refractivity contribution in [1.29, 1.82) is 0 Å². The van der Waals surface area contributed by atoms with Crippen molar-refractivity contribution in [3.63, 3.8) is 0 Å². The SMILES string of the molecule is Cc1csc(N2CCC(c3nnc4cc5c(nn34)CCC5)CC2)n1. The summed E-state index contributed by atoms with van der Waals surface area (Å²) < 4.78 is 2.00. The lowest BCUT2D eigenvalue weighted by atomic mass is 9.96. The van der Waals surface area contributed by atoms with Crippen LogP contribution >= 0.6 is 11.3 Å². The van der Waals surface area contributed by atoms with Crippen LogP contribution in [0.1, 0.15) is 48.0 Å². The Morgan fingerprint density at radius 1 is 1.17 bits per heavy atom. The van der Waals surface area contributed by atoms with Gasteiger partial charge in [0.05, 0.1) is 11.4 Å². The first-order chi connectivity index (χ1) is 11.8. The minimum atomic E-state index is 0.435. The van der Waals surface area contributed by atoms with Crippen molar-refractivity contribution < 1.29 is 0 Å². The van der Waals surface area contributed by atoms with E-state index in [0.29, 0.717) is 5.92 Å². The number of hydrogen-bond acceptors (Lipinski definition) is 6. The Morgan fingerprint density at radius 3 is 2.83 bits per heavy atom. The molecule has 7 heteroatoms. The molecule has 0 aromatic carbocycles. The average molecular weight is 340 g/mol. The van der Waals surface area contributed by atoms with E-state index in [1.54, 1.807) is 11.3 Å². The molecule has 0 saturated carbocycles. The molecule has 0 amide bonds. The Kier molecular flexibility index (Phi) is 3.29. The quantitative estimate of drug-likeness (QED) is 0.718. The molecule has 1 aliphatic carbocycles. The molecule has 0 spiro atoms. The number of nitrogens with zero attached hydrogens (tertiary/aromatic N) is 6. The third-order valence-electron chi connectivity index (χ3n) is 5.18. The van der Waals surface area contributed by atoms with Gasteiger partial charge in [-0.15, -0.1) is 21.5 Å². The number of rotatable bonds is 2. The summed E-state index contributed by atoms with van der Waals surface area (Å²) >= 11 is 1.74. The van der Waals surface area contributed by atoms with E-state index in [-0.39, 0.29) is 0 Å². The predicted molar refractivity (Wildman–Crippen MR) is 93.8 cm³/mol. The number of hydrogen-bond donors (Lipinski definition) is 0. The molecular formula is C17H20N6S. The molecule has 6 nitrogen and oxygen atoms in total. The van der Waals surface area contributed by atoms with Gasteiger partial charge in [-0.3, -0.25) is 0 Å². The molecule has 1 fully saturated rings. The van der Waals surface area contributed by atoms with Gasteiger partial charge in [0.1, 0.15) is 0 Å². The van der Waals surface area contributed by atoms with Crippen LogP contribution < -0.4 is 4.90 Å². The minimum absolute atomic E-state index is 0.435. The fourth-order valence-electron chi connectivity index (χ4n) is 3.86. The Bertz CT molecular complexity index is 890. The molecule has 2 aliphatic rings. The van der Waals surface area contributed by atoms with Crippen molar-refractivity contribution in [2.75, 3.05) is 18.0 Å². The van der Waals surface area contributed by atoms with E-state index in [1.807, 2.05) is 4.52 Å². The largest absolute Gasteiger partial charge is 0.348 e. The lowest BCUT2D eigenvalue weighted by Gasteiger charge is -2.30. The number of anilines is 1. The standard InChI is InChI=1S/C17H20N6S/c1-11-10-24-17(18-11)22-7-5-12(6-8-22)16-20-19-15-9-13-3-2-4-14(13)21-23(15)16/h9-10,12H,2-8H2,1H3. The van der Waals surface area contributed by atoms with E-state index in [2.05, 4.69) is 38.5 Å². The van der Waals surface area contributed by atoms with E-state index in [4.69, 9.17) is 5.10 Å². The molecule has 0 atom stereocenters. The molecule has 0 bridgehead atoms. The van der Waals surface area contributed by atoms with Crippen LogP contribution in [0.2, 0.25) is 0 Å². The number of aryl methyl sites for hydroxylation is 3. The predicted octanol–water partition coefficient (Wildman–Crippen LogP) is 2.76. The van der Waals surface area contributed by atoms with Crippen LogP contribution in [-0.4, -0.2) is 37.9 Å². The van der Waals surface area contributed by atoms with Gasteiger partial charge in [-0.2, -0.15) is 9.61 Å². The molecule has 124 valence electrons. The van der Waals surface area contributed by atoms with E-state index in [0.717, 1.165) is 61.1 Å². The van der Waals surface area contributed by atoms with Crippen LogP contribution in [0.25, 0.3) is 5.65 Å². The lowest BCUT2D eigenvalue weighted by Crippen LogP contribution is -2.33. The van der Waals surface area contributed by atoms with Crippen LogP contribution in [-0.2, 0) is 12.8 Å². The molecule has 4 heterocycles. The molecule has 1 aliphatic heterocycles. The summed E-state index contributed by atoms with van der Waals surface area (Å²) in [5.74, 6) is 1.47. The third-order valence-corrected chi connectivity index (χ3v) is 6.20. The van der Waals surface area contributed by atoms with Crippen molar-refractivity contribution in [3.05, 3.63) is 34.2 Å². The van der Waals surface area contributed by atoms with Crippen LogP contribution in [0.3, 0.4) is 0 Å². The highest BCUT2D eigenvalue weighted by atomic mass is 32.1. The molecule has 0 unspecified atom stereocenters. The summed E-state index contributed by atoms with van der Waals surface area (Å²) in [5, 5.41) is 17.0. The summed E-state index contributed by atoms with van der Waals surface area (Å²) in [7, 11) is 0. The molecule has 3 aromatic heterocycles. The smallest absolute Gasteiger partial charge is 0.185 e. The van der Waals surface area contributed by atoms with E-state index >= 15 is 0 Å². The number of aromatic nitrogens is 5. The molecule has 24 heavy (non-hydrogen) atoms. The fourth-order valence-corrected chi connectivity index (χ4v) is 4.72. The average Bonchev–Trinajstić information content (AvgIpc) is 3.32. The van der Waals surface area contributed by atoms with Gasteiger partial charge in [0.15, 0.2) is 16.6 Å². The first-order valence-corrected chi connectivity index (χ1v) is 9.57. The number of fused-ring (bicyclic) bond motifs is 2. The highest BCUT2D eigenvalue weighted by Crippen LogP contribution is 2.31. The Balaban J connectivity index is 1.39. The maximum absolute atomic E-state index is 4.84. The van der Waals surface area contributed by atoms with E-state index in [9.17, 15) is 0 Å². The summed E-state index contributed by atoms with van der Waals surface area (Å²) in [6, 6.07) is 2.18. The van der Waals surface area contributed by atoms with Gasteiger partial charge in [0, 0.05) is 24.4 Å². The van der Waals surface area contributed by atoms with E-state index < -0.39 is 0 Å². The molecule has 5 rings (SSSR count). The molecule has 0 radical (unpaired) electrons. The highest BCUT2D eigenvalue weighted by Gasteiger charge is 2.27. The maximum Gasteiger partial charge on any atom is 0.185 e. The van der Waals surface area contributed by atoms with Gasteiger partial charge in [0.25, 0.3) is 0 Å². The van der Waals surface area contributed by atoms with Gasteiger partial charge in [-0.05, 0) is 50.7 Å². The lowest BCUT2D eigenvalue weighted by molar-refractivity contribution is 0.476. The van der Waals surface area contributed by atoms with Crippen molar-refractivity contribution in [2.45, 2.75) is 44.9 Å². The fraction of sp³-hybridized carbons (Fsp3) is 0.529. The van der Waals surface area contributed by atoms with Gasteiger partial charge >= 0.3 is 0 Å². The number of piperidine rings is 1. The highest BCUT2D eigenvalue weighted by molar-refractivity contribution is 7.13. The van der Waals surface area contributed by atoms with Crippen molar-refractivity contribution in [3.8, 4) is 0 Å². The van der Waals surface area contributed by atoms with E-state index in [1.165, 1.54) is 17.7 Å². The van der Waals surface area contributed by atoms with Crippen LogP contribution in [0, 0.1) is 6.92 Å². The maximum atomic E-state index is 4.84. The minimum Gasteiger partial charge on any atom is -0.348 e. The van der Waals surface area contributed by atoms with Gasteiger partial charge in [0.2, 0.25) is 0 Å². The summed E-state index contributed by atoms with van der Waals surface area (Å²) in [6.45, 7) is 4.11. The second kappa shape index (κ2) is 5.51. The molecular weight excluding hydrogens is 320 g/mol. The van der Waals surface area contributed by atoms with Gasteiger partial charge < -0.3 is 4.90 Å². The Hall–Kier alpha value is -2.02. The first kappa shape index (κ1) is 14.3. The third kappa shape index (κ3) is 2.30. The van der Waals surface area contributed by atoms with Gasteiger partial charge in [-0.1, -0.05) is 0 Å². The Labute approximate surface area is 144 Å². The summed E-state index contributed by atoms with van der Waals surface area (Å²) in [4.78, 5) is 7.00. The van der Waals surface area contributed by atoms with Crippen LogP contribution in [0.15, 0.2) is 11.4 Å². The second-order valence-corrected chi connectivity index (χ2v) is 7.67. The van der Waals surface area contributed by atoms with Crippen molar-refractivity contribution >= 4 is 22.1 Å². The zero-order valence-corrected chi connectivity index (χ0v) is 14.6. The second-order valence-electron chi connectivity index (χ2n) is 6.83. The van der Waals surface area contributed by atoms with Crippen LogP contribution in [0.4, 0.5) is 5.13 Å². The zero-order chi connectivity index (χ0) is 16.1.